The van der Waals surface area contributed by atoms with Crippen molar-refractivity contribution < 1.29 is 33.3 Å². The number of nitrogens with zero attached hydrogens (tertiary/aromatic N) is 5. The number of thiazole rings is 1. The minimum Gasteiger partial charge on any atom is -0.464 e. The Morgan fingerprint density at radius 2 is 1.97 bits per heavy atom. The van der Waals surface area contributed by atoms with Crippen LogP contribution in [-0.4, -0.2) is 114 Å². The van der Waals surface area contributed by atoms with E-state index in [4.69, 9.17) is 28.9 Å². The van der Waals surface area contributed by atoms with E-state index in [1.165, 1.54) is 16.3 Å². The first kappa shape index (κ1) is 43.4. The van der Waals surface area contributed by atoms with Crippen LogP contribution in [0.2, 0.25) is 0 Å². The Bertz CT molecular complexity index is 2250. The minimum absolute atomic E-state index is 0.160. The van der Waals surface area contributed by atoms with Gasteiger partial charge >= 0.3 is 5.97 Å². The number of aromatic nitrogens is 3. The smallest absolute Gasteiger partial charge is 0.324 e. The normalized spacial score (nSPS) is 26.1. The predicted octanol–water partition coefficient (Wildman–Crippen LogP) is 5.95. The van der Waals surface area contributed by atoms with Gasteiger partial charge in [0, 0.05) is 71.7 Å². The van der Waals surface area contributed by atoms with Gasteiger partial charge in [0.15, 0.2) is 0 Å². The lowest BCUT2D eigenvalue weighted by Crippen LogP contribution is -2.61. The number of hydrogen-bond acceptors (Lipinski definition) is 12. The highest BCUT2D eigenvalue weighted by Crippen LogP contribution is 2.46. The van der Waals surface area contributed by atoms with Gasteiger partial charge in [-0.1, -0.05) is 33.8 Å². The van der Waals surface area contributed by atoms with E-state index in [1.54, 1.807) is 13.3 Å². The maximum atomic E-state index is 14.8. The second-order valence-electron chi connectivity index (χ2n) is 18.1. The first-order chi connectivity index (χ1) is 29.3. The quantitative estimate of drug-likeness (QED) is 0.173. The number of pyridine rings is 1. The second kappa shape index (κ2) is 17.9. The van der Waals surface area contributed by atoms with Gasteiger partial charge < -0.3 is 28.8 Å². The monoisotopic (exact) mass is 855 g/mol. The van der Waals surface area contributed by atoms with Crippen molar-refractivity contribution in [3.8, 4) is 22.5 Å². The molecule has 1 aromatic carbocycles. The predicted molar refractivity (Wildman–Crippen MR) is 233 cm³/mol. The molecule has 6 heterocycles. The van der Waals surface area contributed by atoms with Crippen LogP contribution in [0.15, 0.2) is 41.9 Å². The van der Waals surface area contributed by atoms with Gasteiger partial charge in [-0.25, -0.2) is 10.4 Å². The van der Waals surface area contributed by atoms with E-state index >= 15 is 0 Å². The van der Waals surface area contributed by atoms with E-state index in [9.17, 15) is 14.4 Å². The number of hydrogen-bond donors (Lipinski definition) is 2. The molecule has 7 atom stereocenters. The number of benzene rings is 1. The van der Waals surface area contributed by atoms with Gasteiger partial charge in [-0.3, -0.25) is 29.3 Å². The fourth-order valence-corrected chi connectivity index (χ4v) is 10.0. The highest BCUT2D eigenvalue weighted by molar-refractivity contribution is 7.10. The van der Waals surface area contributed by atoms with Crippen LogP contribution in [0.25, 0.3) is 33.4 Å². The van der Waals surface area contributed by atoms with Gasteiger partial charge in [0.1, 0.15) is 23.2 Å². The molecule has 6 bridgehead atoms. The molecule has 3 fully saturated rings. The number of hydrazine groups is 1. The molecular weight excluding hydrogens is 795 g/mol. The summed E-state index contributed by atoms with van der Waals surface area (Å²) in [7, 11) is 3.73. The Labute approximate surface area is 362 Å². The third-order valence-corrected chi connectivity index (χ3v) is 14.3. The topological polar surface area (TPSA) is 149 Å². The van der Waals surface area contributed by atoms with Crippen LogP contribution in [0.1, 0.15) is 82.9 Å². The summed E-state index contributed by atoms with van der Waals surface area (Å²) < 4.78 is 26.5. The van der Waals surface area contributed by atoms with E-state index in [2.05, 4.69) is 79.1 Å². The molecule has 2 amide bonds. The van der Waals surface area contributed by atoms with Gasteiger partial charge in [-0.2, -0.15) is 0 Å². The lowest BCUT2D eigenvalue weighted by atomic mass is 9.84. The lowest BCUT2D eigenvalue weighted by Gasteiger charge is -2.37. The molecular formula is C46H61N7O7S. The molecule has 3 aliphatic heterocycles. The summed E-state index contributed by atoms with van der Waals surface area (Å²) in [6.45, 7) is 16.0. The van der Waals surface area contributed by atoms with Gasteiger partial charge in [-0.15, -0.1) is 11.3 Å². The van der Waals surface area contributed by atoms with Crippen LogP contribution in [0.4, 0.5) is 0 Å². The Balaban J connectivity index is 1.26. The van der Waals surface area contributed by atoms with E-state index < -0.39 is 29.6 Å². The highest BCUT2D eigenvalue weighted by Gasteiger charge is 2.50. The fraction of sp³-hybridized carbons (Fsp3) is 0.587. The number of aryl methyl sites for hydroxylation is 1. The van der Waals surface area contributed by atoms with Crippen molar-refractivity contribution in [3.63, 3.8) is 0 Å². The van der Waals surface area contributed by atoms with Gasteiger partial charge in [0.2, 0.25) is 5.91 Å². The molecule has 1 aliphatic carbocycles. The number of carbonyl (C=O) groups excluding carboxylic acids is 3. The van der Waals surface area contributed by atoms with Crippen molar-refractivity contribution in [2.45, 2.75) is 97.7 Å². The number of amides is 2. The van der Waals surface area contributed by atoms with Crippen LogP contribution in [0.3, 0.4) is 0 Å². The van der Waals surface area contributed by atoms with Crippen LogP contribution in [0.5, 0.6) is 0 Å². The zero-order valence-electron chi connectivity index (χ0n) is 36.7. The summed E-state index contributed by atoms with van der Waals surface area (Å²) in [5.74, 6) is -0.795. The van der Waals surface area contributed by atoms with E-state index in [1.807, 2.05) is 25.4 Å². The highest BCUT2D eigenvalue weighted by atomic mass is 32.1. The maximum Gasteiger partial charge on any atom is 0.324 e. The maximum absolute atomic E-state index is 14.8. The standard InChI is InChI=1S/C46H61N7O7S/c1-9-52-36-15-14-29-20-32(36)33(40(52)31-12-10-16-47-38(31)28(4)57-8)21-46(5,6)25-60-45(56)34-13-11-17-53(50-34)44(55)39(49-42(54)37-26(2)27(37)3)41(43-48-35(29)24-61-43)59-19-18-51(7)30-22-58-23-30/h10,12,14-16,20,24,26-28,30,34,37,39,41,50H,9,11,13,17-19,21-23,25H2,1-8H3,(H,49,54)/t26-,27+,28-,34-,37+,39-,41-/m0/s1. The molecule has 2 N–H and O–H groups in total. The molecule has 3 aromatic heterocycles. The van der Waals surface area contributed by atoms with Crippen molar-refractivity contribution in [2.75, 3.05) is 53.7 Å². The minimum atomic E-state index is -1.11. The number of ether oxygens (including phenoxy) is 4. The molecule has 4 aromatic rings. The zero-order chi connectivity index (χ0) is 43.2. The summed E-state index contributed by atoms with van der Waals surface area (Å²) in [6.07, 6.45) is 2.33. The van der Waals surface area contributed by atoms with Crippen LogP contribution in [-0.2, 0) is 46.3 Å². The van der Waals surface area contributed by atoms with Crippen LogP contribution >= 0.6 is 11.3 Å². The molecule has 0 radical (unpaired) electrons. The molecule has 2 saturated heterocycles. The number of esters is 1. The average Bonchev–Trinajstić information content (AvgIpc) is 3.52. The average molecular weight is 856 g/mol. The number of methoxy groups -OCH3 is 1. The van der Waals surface area contributed by atoms with Gasteiger partial charge in [-0.05, 0) is 81.8 Å². The van der Waals surface area contributed by atoms with E-state index in [0.717, 1.165) is 44.7 Å². The molecule has 1 saturated carbocycles. The summed E-state index contributed by atoms with van der Waals surface area (Å²) in [5.41, 5.74) is 9.47. The summed E-state index contributed by atoms with van der Waals surface area (Å²) in [6, 6.07) is 8.97. The Morgan fingerprint density at radius 1 is 1.18 bits per heavy atom. The van der Waals surface area contributed by atoms with Crippen molar-refractivity contribution in [3.05, 3.63) is 58.2 Å². The largest absolute Gasteiger partial charge is 0.464 e. The van der Waals surface area contributed by atoms with Crippen molar-refractivity contribution >= 4 is 40.0 Å². The number of rotatable bonds is 11. The van der Waals surface area contributed by atoms with Crippen LogP contribution in [0, 0.1) is 23.2 Å². The van der Waals surface area contributed by atoms with Gasteiger partial charge in [0.05, 0.1) is 55.7 Å². The number of fused-ring (bicyclic) bond motifs is 6. The van der Waals surface area contributed by atoms with Crippen LogP contribution < -0.4 is 10.7 Å². The SMILES string of the molecule is CCn1c(-c2cccnc2[C@H](C)OC)c2c3cc(ccc31)-c1csc(n1)[C@@H](OCCN(C)C1COC1)[C@H](NC(=O)[C@H]1[C@H](C)[C@@H]1C)C(=O)N1CCC[C@H](N1)C(=O)OCC(C)(C)C2. The fourth-order valence-electron chi connectivity index (χ4n) is 9.13. The lowest BCUT2D eigenvalue weighted by molar-refractivity contribution is -0.157. The first-order valence-corrected chi connectivity index (χ1v) is 22.7. The molecule has 0 unspecified atom stereocenters. The third-order valence-electron chi connectivity index (χ3n) is 13.4. The first-order valence-electron chi connectivity index (χ1n) is 21.8. The number of carbonyl (C=O) groups is 3. The van der Waals surface area contributed by atoms with E-state index in [0.29, 0.717) is 69.8 Å². The Kier molecular flexibility index (Phi) is 12.7. The van der Waals surface area contributed by atoms with Crippen molar-refractivity contribution in [1.29, 1.82) is 0 Å². The number of nitrogens with one attached hydrogen (secondary N) is 2. The Morgan fingerprint density at radius 3 is 2.67 bits per heavy atom. The molecule has 328 valence electrons. The summed E-state index contributed by atoms with van der Waals surface area (Å²) in [4.78, 5) is 54.9. The molecule has 61 heavy (non-hydrogen) atoms. The van der Waals surface area contributed by atoms with Crippen molar-refractivity contribution in [2.24, 2.45) is 23.2 Å². The molecule has 4 aliphatic rings. The van der Waals surface area contributed by atoms with Gasteiger partial charge in [0.25, 0.3) is 5.91 Å². The zero-order valence-corrected chi connectivity index (χ0v) is 37.5. The Hall–Kier alpha value is -4.25. The third kappa shape index (κ3) is 8.74. The molecule has 8 rings (SSSR count). The van der Waals surface area contributed by atoms with E-state index in [-0.39, 0.29) is 42.3 Å². The number of cyclic esters (lactones) is 1. The summed E-state index contributed by atoms with van der Waals surface area (Å²) in [5, 5.41) is 8.27. The number of likely N-dealkylation sites (N-methyl/N-ethyl adjacent to an activating group) is 1. The van der Waals surface area contributed by atoms with Crippen molar-refractivity contribution in [1.82, 2.24) is 35.2 Å². The molecule has 14 nitrogen and oxygen atoms in total. The summed E-state index contributed by atoms with van der Waals surface area (Å²) >= 11 is 1.42. The molecule has 15 heteroatoms. The second-order valence-corrected chi connectivity index (χ2v) is 19.0. The molecule has 0 spiro atoms.